The average Bonchev–Trinajstić information content (AvgIpc) is 2.77. The molecule has 0 saturated heterocycles. The lowest BCUT2D eigenvalue weighted by Crippen LogP contribution is -2.36. The van der Waals surface area contributed by atoms with Crippen molar-refractivity contribution in [2.24, 2.45) is 0 Å². The third-order valence-electron chi connectivity index (χ3n) is 6.16. The number of ether oxygens (including phenoxy) is 2. The van der Waals surface area contributed by atoms with Crippen LogP contribution in [0.25, 0.3) is 0 Å². The quantitative estimate of drug-likeness (QED) is 0.577. The maximum absolute atomic E-state index is 13.6. The first-order chi connectivity index (χ1) is 15.8. The molecule has 0 radical (unpaired) electrons. The Kier molecular flexibility index (Phi) is 6.61. The van der Waals surface area contributed by atoms with Gasteiger partial charge in [0.25, 0.3) is 0 Å². The molecule has 2 aromatic carbocycles. The molecule has 0 bridgehead atoms. The molecule has 1 heterocycles. The second-order valence-electron chi connectivity index (χ2n) is 8.80. The highest BCUT2D eigenvalue weighted by Gasteiger charge is 2.41. The summed E-state index contributed by atoms with van der Waals surface area (Å²) in [6, 6.07) is 15.2. The smallest absolute Gasteiger partial charge is 0.337 e. The van der Waals surface area contributed by atoms with Crippen molar-refractivity contribution in [1.29, 1.82) is 0 Å². The van der Waals surface area contributed by atoms with Crippen molar-refractivity contribution in [2.45, 2.75) is 51.6 Å². The van der Waals surface area contributed by atoms with E-state index in [1.54, 1.807) is 13.2 Å². The van der Waals surface area contributed by atoms with Gasteiger partial charge in [-0.2, -0.15) is 0 Å². The van der Waals surface area contributed by atoms with Gasteiger partial charge in [0, 0.05) is 34.3 Å². The van der Waals surface area contributed by atoms with Crippen LogP contribution < -0.4 is 10.1 Å². The predicted molar refractivity (Wildman–Crippen MR) is 128 cm³/mol. The van der Waals surface area contributed by atoms with E-state index < -0.39 is 11.9 Å². The average molecular weight is 466 g/mol. The Balaban J connectivity index is 1.77. The Labute approximate surface area is 199 Å². The number of methoxy groups -OCH3 is 1. The molecule has 0 fully saturated rings. The summed E-state index contributed by atoms with van der Waals surface area (Å²) in [6.07, 6.45) is 0.777. The molecular weight excluding hydrogens is 438 g/mol. The molecule has 2 aromatic rings. The first-order valence-corrected chi connectivity index (χ1v) is 11.5. The molecule has 172 valence electrons. The largest absolute Gasteiger partial charge is 0.497 e. The zero-order valence-corrected chi connectivity index (χ0v) is 20.0. The van der Waals surface area contributed by atoms with Gasteiger partial charge in [-0.15, -0.1) is 0 Å². The maximum atomic E-state index is 13.6. The van der Waals surface area contributed by atoms with E-state index in [0.717, 1.165) is 22.6 Å². The summed E-state index contributed by atoms with van der Waals surface area (Å²) >= 11 is 6.29. The van der Waals surface area contributed by atoms with E-state index in [1.807, 2.05) is 63.2 Å². The topological polar surface area (TPSA) is 64.6 Å². The molecule has 2 atom stereocenters. The number of Topliss-reactive ketones (excluding diaryl/α,β-unsaturated/α-hetero) is 1. The number of dihydropyridines is 1. The number of ketones is 1. The second-order valence-corrected chi connectivity index (χ2v) is 9.24. The lowest BCUT2D eigenvalue weighted by atomic mass is 9.71. The third kappa shape index (κ3) is 4.69. The fourth-order valence-electron chi connectivity index (χ4n) is 4.72. The van der Waals surface area contributed by atoms with E-state index in [0.29, 0.717) is 34.7 Å². The van der Waals surface area contributed by atoms with Crippen molar-refractivity contribution in [3.8, 4) is 5.75 Å². The number of nitrogens with one attached hydrogen (secondary N) is 1. The Hall–Kier alpha value is -3.05. The number of esters is 1. The highest BCUT2D eigenvalue weighted by atomic mass is 35.5. The molecule has 4 rings (SSSR count). The molecule has 0 aromatic heterocycles. The van der Waals surface area contributed by atoms with Gasteiger partial charge in [-0.05, 0) is 68.5 Å². The summed E-state index contributed by atoms with van der Waals surface area (Å²) in [5.74, 6) is -0.0830. The Bertz CT molecular complexity index is 1150. The van der Waals surface area contributed by atoms with Gasteiger partial charge in [0.05, 0.1) is 18.8 Å². The number of rotatable bonds is 5. The molecule has 0 saturated carbocycles. The first-order valence-electron chi connectivity index (χ1n) is 11.1. The fraction of sp³-hybridized carbons (Fsp3) is 0.333. The maximum Gasteiger partial charge on any atom is 0.337 e. The van der Waals surface area contributed by atoms with Crippen LogP contribution in [0.2, 0.25) is 5.02 Å². The minimum absolute atomic E-state index is 0.0249. The number of allylic oxidation sites excluding steroid dienone is 3. The van der Waals surface area contributed by atoms with Gasteiger partial charge in [0.15, 0.2) is 5.78 Å². The summed E-state index contributed by atoms with van der Waals surface area (Å²) in [5, 5.41) is 3.93. The monoisotopic (exact) mass is 465 g/mol. The summed E-state index contributed by atoms with van der Waals surface area (Å²) in [7, 11) is 1.63. The molecule has 0 unspecified atom stereocenters. The Morgan fingerprint density at radius 3 is 2.45 bits per heavy atom. The second kappa shape index (κ2) is 9.44. The molecular formula is C27H28ClNO4. The van der Waals surface area contributed by atoms with E-state index in [2.05, 4.69) is 5.32 Å². The van der Waals surface area contributed by atoms with Crippen LogP contribution in [0.4, 0.5) is 0 Å². The zero-order valence-electron chi connectivity index (χ0n) is 19.3. The Morgan fingerprint density at radius 2 is 1.82 bits per heavy atom. The Morgan fingerprint density at radius 1 is 1.09 bits per heavy atom. The first kappa shape index (κ1) is 23.1. The highest BCUT2D eigenvalue weighted by molar-refractivity contribution is 6.30. The summed E-state index contributed by atoms with van der Waals surface area (Å²) in [5.41, 5.74) is 4.54. The van der Waals surface area contributed by atoms with E-state index in [9.17, 15) is 9.59 Å². The van der Waals surface area contributed by atoms with Crippen LogP contribution in [0.1, 0.15) is 56.6 Å². The summed E-state index contributed by atoms with van der Waals surface area (Å²) in [6.45, 7) is 5.49. The van der Waals surface area contributed by atoms with Crippen molar-refractivity contribution in [1.82, 2.24) is 5.32 Å². The van der Waals surface area contributed by atoms with E-state index >= 15 is 0 Å². The molecule has 6 heteroatoms. The van der Waals surface area contributed by atoms with E-state index in [-0.39, 0.29) is 17.8 Å². The van der Waals surface area contributed by atoms with Crippen LogP contribution in [0.3, 0.4) is 0 Å². The van der Waals surface area contributed by atoms with Crippen LogP contribution in [-0.4, -0.2) is 25.0 Å². The summed E-state index contributed by atoms with van der Waals surface area (Å²) in [4.78, 5) is 26.7. The lowest BCUT2D eigenvalue weighted by molar-refractivity contribution is -0.143. The zero-order chi connectivity index (χ0) is 23.7. The SMILES string of the molecule is COc1ccc([C@@H]2CC(=O)C3=C(C2)NC(C)=C(C(=O)OC(C)C)[C@H]3c2cccc(Cl)c2)cc1. The van der Waals surface area contributed by atoms with Crippen LogP contribution in [0.15, 0.2) is 71.1 Å². The fourth-order valence-corrected chi connectivity index (χ4v) is 4.92. The minimum atomic E-state index is -0.518. The molecule has 2 aliphatic rings. The molecule has 0 spiro atoms. The van der Waals surface area contributed by atoms with Crippen LogP contribution >= 0.6 is 11.6 Å². The van der Waals surface area contributed by atoms with Crippen LogP contribution in [-0.2, 0) is 14.3 Å². The van der Waals surface area contributed by atoms with Crippen molar-refractivity contribution < 1.29 is 19.1 Å². The van der Waals surface area contributed by atoms with E-state index in [4.69, 9.17) is 21.1 Å². The van der Waals surface area contributed by atoms with Crippen LogP contribution in [0.5, 0.6) is 5.75 Å². The number of carbonyl (C=O) groups is 2. The minimum Gasteiger partial charge on any atom is -0.497 e. The number of hydrogen-bond donors (Lipinski definition) is 1. The van der Waals surface area contributed by atoms with Crippen molar-refractivity contribution in [3.63, 3.8) is 0 Å². The molecule has 1 aliphatic carbocycles. The molecule has 33 heavy (non-hydrogen) atoms. The summed E-state index contributed by atoms with van der Waals surface area (Å²) < 4.78 is 10.8. The van der Waals surface area contributed by atoms with Gasteiger partial charge in [-0.3, -0.25) is 4.79 Å². The molecule has 5 nitrogen and oxygen atoms in total. The number of hydrogen-bond acceptors (Lipinski definition) is 5. The van der Waals surface area contributed by atoms with Gasteiger partial charge in [0.1, 0.15) is 5.75 Å². The van der Waals surface area contributed by atoms with E-state index in [1.165, 1.54) is 0 Å². The molecule has 0 amide bonds. The molecule has 1 aliphatic heterocycles. The van der Waals surface area contributed by atoms with Gasteiger partial charge in [-0.25, -0.2) is 4.79 Å². The van der Waals surface area contributed by atoms with Crippen molar-refractivity contribution in [2.75, 3.05) is 7.11 Å². The van der Waals surface area contributed by atoms with Gasteiger partial charge < -0.3 is 14.8 Å². The van der Waals surface area contributed by atoms with Gasteiger partial charge in [0.2, 0.25) is 0 Å². The van der Waals surface area contributed by atoms with Gasteiger partial charge >= 0.3 is 5.97 Å². The normalized spacial score (nSPS) is 20.5. The number of carbonyl (C=O) groups excluding carboxylic acids is 2. The number of halogens is 1. The highest BCUT2D eigenvalue weighted by Crippen LogP contribution is 2.46. The number of benzene rings is 2. The van der Waals surface area contributed by atoms with Crippen LogP contribution in [0, 0.1) is 0 Å². The molecule has 1 N–H and O–H groups in total. The lowest BCUT2D eigenvalue weighted by Gasteiger charge is -2.37. The predicted octanol–water partition coefficient (Wildman–Crippen LogP) is 5.66. The van der Waals surface area contributed by atoms with Gasteiger partial charge in [-0.1, -0.05) is 35.9 Å². The van der Waals surface area contributed by atoms with Crippen molar-refractivity contribution >= 4 is 23.4 Å². The third-order valence-corrected chi connectivity index (χ3v) is 6.39. The standard InChI is InChI=1S/C27H28ClNO4/c1-15(2)33-27(31)24-16(3)29-22-13-19(17-8-10-21(32-4)11-9-17)14-23(30)26(22)25(24)18-6-5-7-20(28)12-18/h5-12,15,19,25,29H,13-14H2,1-4H3/t19-,25+/m0/s1. The van der Waals surface area contributed by atoms with Crippen molar-refractivity contribution in [3.05, 3.63) is 87.2 Å².